The molecule has 2 aromatic heterocycles. The summed E-state index contributed by atoms with van der Waals surface area (Å²) in [5.74, 6) is 1.26. The van der Waals surface area contributed by atoms with E-state index in [1.807, 2.05) is 25.3 Å². The van der Waals surface area contributed by atoms with Crippen molar-refractivity contribution in [2.24, 2.45) is 0 Å². The third kappa shape index (κ3) is 2.93. The molecule has 2 aromatic rings. The van der Waals surface area contributed by atoms with Gasteiger partial charge in [0.05, 0.1) is 12.3 Å². The molecular weight excluding hydrogens is 224 g/mol. The Labute approximate surface area is 97.9 Å². The highest BCUT2D eigenvalue weighted by Crippen LogP contribution is 2.23. The minimum absolute atomic E-state index is 0.123. The summed E-state index contributed by atoms with van der Waals surface area (Å²) >= 11 is 1.44. The number of rotatable bonds is 4. The van der Waals surface area contributed by atoms with Gasteiger partial charge in [0.15, 0.2) is 0 Å². The molecule has 0 aliphatic rings. The van der Waals surface area contributed by atoms with Gasteiger partial charge >= 0.3 is 0 Å². The number of hydrogen-bond acceptors (Lipinski definition) is 5. The summed E-state index contributed by atoms with van der Waals surface area (Å²) in [4.78, 5) is 8.15. The van der Waals surface area contributed by atoms with Gasteiger partial charge in [-0.05, 0) is 19.9 Å². The fraction of sp³-hybridized carbons (Fsp3) is 0.273. The normalized spacial score (nSPS) is 10.4. The van der Waals surface area contributed by atoms with Gasteiger partial charge in [0, 0.05) is 17.6 Å². The number of aromatic nitrogens is 2. The van der Waals surface area contributed by atoms with Crippen molar-refractivity contribution in [3.8, 4) is 16.8 Å². The van der Waals surface area contributed by atoms with E-state index in [9.17, 15) is 0 Å². The predicted octanol–water partition coefficient (Wildman–Crippen LogP) is 3.12. The van der Waals surface area contributed by atoms with Gasteiger partial charge in [0.25, 0.3) is 5.19 Å². The third-order valence-electron chi connectivity index (χ3n) is 1.68. The van der Waals surface area contributed by atoms with Crippen LogP contribution in [0.5, 0.6) is 16.8 Å². The van der Waals surface area contributed by atoms with Gasteiger partial charge in [-0.1, -0.05) is 11.3 Å². The lowest BCUT2D eigenvalue weighted by Gasteiger charge is -2.08. The number of ether oxygens (including phenoxy) is 2. The van der Waals surface area contributed by atoms with Crippen LogP contribution in [0.3, 0.4) is 0 Å². The average Bonchev–Trinajstić information content (AvgIpc) is 2.73. The zero-order chi connectivity index (χ0) is 11.4. The molecule has 5 heteroatoms. The first kappa shape index (κ1) is 10.9. The Kier molecular flexibility index (Phi) is 3.36. The van der Waals surface area contributed by atoms with E-state index >= 15 is 0 Å². The molecule has 0 spiro atoms. The lowest BCUT2D eigenvalue weighted by molar-refractivity contribution is 0.232. The van der Waals surface area contributed by atoms with Crippen LogP contribution >= 0.6 is 11.3 Å². The quantitative estimate of drug-likeness (QED) is 0.818. The fourth-order valence-electron chi connectivity index (χ4n) is 1.10. The number of nitrogens with zero attached hydrogens (tertiary/aromatic N) is 2. The second-order valence-corrected chi connectivity index (χ2v) is 4.26. The van der Waals surface area contributed by atoms with E-state index in [0.29, 0.717) is 16.8 Å². The van der Waals surface area contributed by atoms with Gasteiger partial charge in [-0.15, -0.1) is 0 Å². The van der Waals surface area contributed by atoms with Crippen LogP contribution in [0.4, 0.5) is 0 Å². The Bertz CT molecular complexity index is 426. The van der Waals surface area contributed by atoms with Crippen LogP contribution in [0.2, 0.25) is 0 Å². The SMILES string of the molecule is CC(C)Oc1ccc(Oc2nccs2)cn1. The van der Waals surface area contributed by atoms with Crippen molar-refractivity contribution in [2.45, 2.75) is 20.0 Å². The maximum absolute atomic E-state index is 5.47. The molecule has 2 heterocycles. The molecule has 4 nitrogen and oxygen atoms in total. The van der Waals surface area contributed by atoms with Crippen LogP contribution in [0.15, 0.2) is 29.9 Å². The molecule has 84 valence electrons. The van der Waals surface area contributed by atoms with Crippen LogP contribution in [0.25, 0.3) is 0 Å². The molecular formula is C11H12N2O2S. The van der Waals surface area contributed by atoms with Crippen molar-refractivity contribution >= 4 is 11.3 Å². The molecule has 0 aliphatic carbocycles. The summed E-state index contributed by atoms with van der Waals surface area (Å²) in [5.41, 5.74) is 0. The summed E-state index contributed by atoms with van der Waals surface area (Å²) in [7, 11) is 0. The predicted molar refractivity (Wildman–Crippen MR) is 62.2 cm³/mol. The second-order valence-electron chi connectivity index (χ2n) is 3.40. The van der Waals surface area contributed by atoms with Gasteiger partial charge in [-0.25, -0.2) is 9.97 Å². The first-order valence-electron chi connectivity index (χ1n) is 4.94. The molecule has 0 bridgehead atoms. The monoisotopic (exact) mass is 236 g/mol. The van der Waals surface area contributed by atoms with Crippen molar-refractivity contribution in [1.29, 1.82) is 0 Å². The Morgan fingerprint density at radius 1 is 1.25 bits per heavy atom. The highest BCUT2D eigenvalue weighted by atomic mass is 32.1. The van der Waals surface area contributed by atoms with E-state index in [1.165, 1.54) is 11.3 Å². The van der Waals surface area contributed by atoms with E-state index in [-0.39, 0.29) is 6.10 Å². The Morgan fingerprint density at radius 3 is 2.69 bits per heavy atom. The summed E-state index contributed by atoms with van der Waals surface area (Å²) in [5, 5.41) is 2.47. The topological polar surface area (TPSA) is 44.2 Å². The molecule has 0 unspecified atom stereocenters. The van der Waals surface area contributed by atoms with Crippen molar-refractivity contribution in [1.82, 2.24) is 9.97 Å². The molecule has 0 radical (unpaired) electrons. The van der Waals surface area contributed by atoms with E-state index < -0.39 is 0 Å². The largest absolute Gasteiger partial charge is 0.475 e. The highest BCUT2D eigenvalue weighted by Gasteiger charge is 2.02. The van der Waals surface area contributed by atoms with E-state index in [0.717, 1.165) is 0 Å². The second kappa shape index (κ2) is 4.94. The van der Waals surface area contributed by atoms with Crippen molar-refractivity contribution in [3.63, 3.8) is 0 Å². The summed E-state index contributed by atoms with van der Waals surface area (Å²) in [6.07, 6.45) is 3.45. The van der Waals surface area contributed by atoms with Gasteiger partial charge < -0.3 is 9.47 Å². The Morgan fingerprint density at radius 2 is 2.12 bits per heavy atom. The van der Waals surface area contributed by atoms with Crippen molar-refractivity contribution in [3.05, 3.63) is 29.9 Å². The molecule has 0 aliphatic heterocycles. The molecule has 2 rings (SSSR count). The van der Waals surface area contributed by atoms with Crippen LogP contribution < -0.4 is 9.47 Å². The first-order valence-corrected chi connectivity index (χ1v) is 5.82. The molecule has 0 amide bonds. The maximum Gasteiger partial charge on any atom is 0.278 e. The molecule has 0 saturated carbocycles. The molecule has 0 atom stereocenters. The molecule has 0 fully saturated rings. The number of thiazole rings is 1. The lowest BCUT2D eigenvalue weighted by Crippen LogP contribution is -2.06. The number of hydrogen-bond donors (Lipinski definition) is 0. The van der Waals surface area contributed by atoms with Crippen LogP contribution in [-0.4, -0.2) is 16.1 Å². The minimum Gasteiger partial charge on any atom is -0.475 e. The molecule has 16 heavy (non-hydrogen) atoms. The minimum atomic E-state index is 0.123. The Hall–Kier alpha value is -1.62. The van der Waals surface area contributed by atoms with Gasteiger partial charge in [-0.3, -0.25) is 0 Å². The van der Waals surface area contributed by atoms with Crippen molar-refractivity contribution < 1.29 is 9.47 Å². The van der Waals surface area contributed by atoms with Gasteiger partial charge in [0.2, 0.25) is 5.88 Å². The van der Waals surface area contributed by atoms with Crippen LogP contribution in [0.1, 0.15) is 13.8 Å². The average molecular weight is 236 g/mol. The van der Waals surface area contributed by atoms with Crippen molar-refractivity contribution in [2.75, 3.05) is 0 Å². The summed E-state index contributed by atoms with van der Waals surface area (Å²) in [6.45, 7) is 3.92. The van der Waals surface area contributed by atoms with Gasteiger partial charge in [-0.2, -0.15) is 0 Å². The van der Waals surface area contributed by atoms with E-state index in [4.69, 9.17) is 9.47 Å². The standard InChI is InChI=1S/C11H12N2O2S/c1-8(2)14-10-4-3-9(7-13-10)15-11-12-5-6-16-11/h3-8H,1-2H3. The fourth-order valence-corrected chi connectivity index (χ4v) is 1.60. The highest BCUT2D eigenvalue weighted by molar-refractivity contribution is 7.11. The molecule has 0 aromatic carbocycles. The molecule has 0 N–H and O–H groups in total. The summed E-state index contributed by atoms with van der Waals surface area (Å²) < 4.78 is 10.9. The third-order valence-corrected chi connectivity index (χ3v) is 2.33. The first-order chi connectivity index (χ1) is 7.74. The van der Waals surface area contributed by atoms with E-state index in [1.54, 1.807) is 18.5 Å². The zero-order valence-electron chi connectivity index (χ0n) is 9.08. The lowest BCUT2D eigenvalue weighted by atomic mass is 10.4. The van der Waals surface area contributed by atoms with Crippen LogP contribution in [0, 0.1) is 0 Å². The smallest absolute Gasteiger partial charge is 0.278 e. The van der Waals surface area contributed by atoms with E-state index in [2.05, 4.69) is 9.97 Å². The van der Waals surface area contributed by atoms with Crippen LogP contribution in [-0.2, 0) is 0 Å². The number of pyridine rings is 1. The zero-order valence-corrected chi connectivity index (χ0v) is 9.90. The summed E-state index contributed by atoms with van der Waals surface area (Å²) in [6, 6.07) is 3.59. The maximum atomic E-state index is 5.47. The Balaban J connectivity index is 2.02. The van der Waals surface area contributed by atoms with Gasteiger partial charge in [0.1, 0.15) is 5.75 Å². The molecule has 0 saturated heterocycles.